The quantitative estimate of drug-likeness (QED) is 0.179. The Morgan fingerprint density at radius 3 is 1.06 bits per heavy atom. The van der Waals surface area contributed by atoms with Crippen LogP contribution in [0.4, 0.5) is 11.4 Å². The Morgan fingerprint density at radius 2 is 0.735 bits per heavy atom. The molecule has 0 bridgehead atoms. The molecule has 0 radical (unpaired) electrons. The number of carbonyl (C=O) groups is 4. The number of amides is 3. The lowest BCUT2D eigenvalue weighted by Gasteiger charge is -2.19. The Labute approximate surface area is 291 Å². The molecule has 0 fully saturated rings. The van der Waals surface area contributed by atoms with Crippen molar-refractivity contribution in [3.63, 3.8) is 0 Å². The molecule has 0 heterocycles. The second kappa shape index (κ2) is 15.5. The molecule has 0 unspecified atom stereocenters. The van der Waals surface area contributed by atoms with Crippen molar-refractivity contribution < 1.29 is 19.2 Å². The number of hydrogen-bond donors (Lipinski definition) is 3. The molecule has 4 aromatic rings. The molecule has 0 saturated heterocycles. The summed E-state index contributed by atoms with van der Waals surface area (Å²) in [6.45, 7) is 25.9. The number of rotatable bonds is 6. The van der Waals surface area contributed by atoms with Gasteiger partial charge in [-0.15, -0.1) is 0 Å². The fourth-order valence-corrected chi connectivity index (χ4v) is 5.97. The van der Waals surface area contributed by atoms with Gasteiger partial charge in [0.15, 0.2) is 5.78 Å². The molecule has 0 saturated carbocycles. The highest BCUT2D eigenvalue weighted by Gasteiger charge is 2.19. The normalized spacial score (nSPS) is 10.6. The highest BCUT2D eigenvalue weighted by atomic mass is 16.2. The fraction of sp³-hybridized carbons (Fsp3) is 0.333. The van der Waals surface area contributed by atoms with E-state index in [-0.39, 0.29) is 23.5 Å². The summed E-state index contributed by atoms with van der Waals surface area (Å²) < 4.78 is 0. The summed E-state index contributed by atoms with van der Waals surface area (Å²) in [5.74, 6) is -0.622. The third-order valence-corrected chi connectivity index (χ3v) is 10.3. The predicted octanol–water partition coefficient (Wildman–Crippen LogP) is 9.14. The van der Waals surface area contributed by atoms with Gasteiger partial charge in [-0.3, -0.25) is 19.2 Å². The lowest BCUT2D eigenvalue weighted by Crippen LogP contribution is -2.20. The van der Waals surface area contributed by atoms with Crippen LogP contribution in [0.3, 0.4) is 0 Å². The van der Waals surface area contributed by atoms with E-state index in [1.807, 2.05) is 47.6 Å². The maximum Gasteiger partial charge on any atom is 0.255 e. The summed E-state index contributed by atoms with van der Waals surface area (Å²) in [6, 6.07) is 10.4. The fourth-order valence-electron chi connectivity index (χ4n) is 5.97. The van der Waals surface area contributed by atoms with Crippen LogP contribution in [0.2, 0.25) is 0 Å². The van der Waals surface area contributed by atoms with Crippen LogP contribution >= 0.6 is 0 Å². The second-order valence-electron chi connectivity index (χ2n) is 13.1. The molecule has 49 heavy (non-hydrogen) atoms. The first kappa shape index (κ1) is 38.4. The van der Waals surface area contributed by atoms with Gasteiger partial charge in [0, 0.05) is 40.7 Å². The Kier molecular flexibility index (Phi) is 12.1. The third-order valence-electron chi connectivity index (χ3n) is 10.3. The molecular formula is C42H51N3O4. The van der Waals surface area contributed by atoms with Crippen LogP contribution in [0.15, 0.2) is 36.4 Å². The Hall–Kier alpha value is -5.04. The van der Waals surface area contributed by atoms with Crippen LogP contribution in [0.5, 0.6) is 0 Å². The Balaban J connectivity index is 0.000000266. The molecule has 0 aliphatic heterocycles. The number of Topliss-reactive ketones (excluding diaryl/α,β-unsaturated/α-hetero) is 1. The number of carbonyl (C=O) groups excluding carboxylic acids is 4. The van der Waals surface area contributed by atoms with Gasteiger partial charge in [0.05, 0.1) is 0 Å². The van der Waals surface area contributed by atoms with Crippen molar-refractivity contribution >= 4 is 34.9 Å². The third kappa shape index (κ3) is 7.99. The van der Waals surface area contributed by atoms with Gasteiger partial charge in [-0.1, -0.05) is 18.2 Å². The minimum atomic E-state index is -0.205. The van der Waals surface area contributed by atoms with Crippen molar-refractivity contribution in [3.05, 3.63) is 125 Å². The molecule has 4 rings (SSSR count). The summed E-state index contributed by atoms with van der Waals surface area (Å²) in [6.07, 6.45) is 0. The first-order chi connectivity index (χ1) is 22.8. The largest absolute Gasteiger partial charge is 0.355 e. The summed E-state index contributed by atoms with van der Waals surface area (Å²) >= 11 is 0. The van der Waals surface area contributed by atoms with Crippen molar-refractivity contribution in [1.29, 1.82) is 0 Å². The molecular weight excluding hydrogens is 610 g/mol. The minimum absolute atomic E-state index is 0.0431. The van der Waals surface area contributed by atoms with Gasteiger partial charge in [-0.25, -0.2) is 0 Å². The van der Waals surface area contributed by atoms with Gasteiger partial charge in [-0.2, -0.15) is 0 Å². The van der Waals surface area contributed by atoms with Crippen molar-refractivity contribution in [1.82, 2.24) is 5.32 Å². The van der Waals surface area contributed by atoms with Gasteiger partial charge < -0.3 is 16.0 Å². The zero-order chi connectivity index (χ0) is 37.1. The van der Waals surface area contributed by atoms with Gasteiger partial charge >= 0.3 is 0 Å². The molecule has 7 nitrogen and oxygen atoms in total. The highest BCUT2D eigenvalue weighted by Crippen LogP contribution is 2.32. The van der Waals surface area contributed by atoms with Crippen molar-refractivity contribution in [2.75, 3.05) is 17.7 Å². The van der Waals surface area contributed by atoms with Gasteiger partial charge in [0.1, 0.15) is 0 Å². The van der Waals surface area contributed by atoms with E-state index in [2.05, 4.69) is 57.5 Å². The summed E-state index contributed by atoms with van der Waals surface area (Å²) in [5, 5.41) is 8.70. The molecule has 3 amide bonds. The molecule has 0 aliphatic rings. The van der Waals surface area contributed by atoms with Gasteiger partial charge in [-0.05, 0) is 175 Å². The minimum Gasteiger partial charge on any atom is -0.355 e. The lowest BCUT2D eigenvalue weighted by atomic mass is 9.92. The maximum atomic E-state index is 12.9. The van der Waals surface area contributed by atoms with Crippen molar-refractivity contribution in [3.8, 4) is 0 Å². The van der Waals surface area contributed by atoms with E-state index in [1.165, 1.54) is 40.3 Å². The van der Waals surface area contributed by atoms with Crippen LogP contribution in [-0.4, -0.2) is 30.6 Å². The predicted molar refractivity (Wildman–Crippen MR) is 202 cm³/mol. The topological polar surface area (TPSA) is 104 Å². The first-order valence-electron chi connectivity index (χ1n) is 16.5. The summed E-state index contributed by atoms with van der Waals surface area (Å²) in [4.78, 5) is 49.1. The highest BCUT2D eigenvalue weighted by molar-refractivity contribution is 6.09. The monoisotopic (exact) mass is 661 g/mol. The molecule has 0 atom stereocenters. The van der Waals surface area contributed by atoms with Crippen LogP contribution < -0.4 is 16.0 Å². The second-order valence-corrected chi connectivity index (χ2v) is 13.1. The molecule has 0 aromatic heterocycles. The van der Waals surface area contributed by atoms with E-state index < -0.39 is 0 Å². The number of aryl methyl sites for hydroxylation is 2. The number of hydrogen-bond acceptors (Lipinski definition) is 4. The number of benzene rings is 4. The standard InChI is InChI=1S/C21H26N2O2.C21H25NO2/c1-11-8-9-17(20(24)22-7)10-18(11)21(25)23-19-15(5)13(3)12(2)14(4)16(19)6;1-11-8-9-18(17(7)23)10-19(11)21(24)22-20-15(5)13(3)12(2)14(4)16(20)6/h8-10H,1-7H3,(H,22,24)(H,23,25);8-10H,1-7H3,(H,22,24). The SMILES string of the molecule is CC(=O)c1ccc(C)c(C(=O)Nc2c(C)c(C)c(C)c(C)c2C)c1.CNC(=O)c1ccc(C)c(C(=O)Nc2c(C)c(C)c(C)c(C)c2C)c1. The van der Waals surface area contributed by atoms with Gasteiger partial charge in [0.2, 0.25) is 0 Å². The first-order valence-corrected chi connectivity index (χ1v) is 16.5. The van der Waals surface area contributed by atoms with Crippen LogP contribution in [-0.2, 0) is 0 Å². The Bertz CT molecular complexity index is 1940. The van der Waals surface area contributed by atoms with E-state index in [1.54, 1.807) is 37.4 Å². The molecule has 258 valence electrons. The molecule has 0 aliphatic carbocycles. The number of anilines is 2. The van der Waals surface area contributed by atoms with Crippen LogP contribution in [0.1, 0.15) is 115 Å². The van der Waals surface area contributed by atoms with E-state index >= 15 is 0 Å². The molecule has 7 heteroatoms. The number of ketones is 1. The zero-order valence-electron chi connectivity index (χ0n) is 31.6. The van der Waals surface area contributed by atoms with E-state index in [9.17, 15) is 19.2 Å². The zero-order valence-corrected chi connectivity index (χ0v) is 31.6. The van der Waals surface area contributed by atoms with Crippen molar-refractivity contribution in [2.24, 2.45) is 0 Å². The van der Waals surface area contributed by atoms with E-state index in [4.69, 9.17) is 0 Å². The van der Waals surface area contributed by atoms with Crippen LogP contribution in [0.25, 0.3) is 0 Å². The lowest BCUT2D eigenvalue weighted by molar-refractivity contribution is 0.0960. The number of nitrogens with one attached hydrogen (secondary N) is 3. The van der Waals surface area contributed by atoms with E-state index in [0.29, 0.717) is 22.3 Å². The summed E-state index contributed by atoms with van der Waals surface area (Å²) in [7, 11) is 1.58. The van der Waals surface area contributed by atoms with Crippen molar-refractivity contribution in [2.45, 2.75) is 90.0 Å². The molecule has 3 N–H and O–H groups in total. The molecule has 4 aromatic carbocycles. The maximum absolute atomic E-state index is 12.9. The molecule has 0 spiro atoms. The average molecular weight is 662 g/mol. The Morgan fingerprint density at radius 1 is 0.429 bits per heavy atom. The van der Waals surface area contributed by atoms with Gasteiger partial charge in [0.25, 0.3) is 17.7 Å². The van der Waals surface area contributed by atoms with Crippen LogP contribution in [0, 0.1) is 83.1 Å². The smallest absolute Gasteiger partial charge is 0.255 e. The summed E-state index contributed by atoms with van der Waals surface area (Å²) in [5.41, 5.74) is 17.1. The van der Waals surface area contributed by atoms with E-state index in [0.717, 1.165) is 44.8 Å². The average Bonchev–Trinajstić information content (AvgIpc) is 3.08.